The molecular weight excluding hydrogens is 692 g/mol. The molecule has 1 aromatic carbocycles. The average molecular weight is 753 g/mol. The van der Waals surface area contributed by atoms with E-state index in [-0.39, 0.29) is 42.9 Å². The Kier molecular flexibility index (Phi) is 15.1. The standard InChI is InChI=1S/C38H60N2O13/c1-12-28-38(8,46)33(44)22(4)30(42)20(2)19-37(7,49-11)34(53-36-31(43)27(39(9)10)17-21(3)50-36)23(5)32(24(6)35(45)51-28)52-29(41)18-25-13-15-26(16-14-25)40(47)48/h13-16,20-24,27-28,31-34,36,43-44,46H,12,17-19H2,1-11H3/t20-,21-,22+,23+,24-,27+,28?,31-,32?,33-,34-,36+,37-,38-/m1/s1. The first-order valence-electron chi connectivity index (χ1n) is 18.4. The Morgan fingerprint density at radius 3 is 2.19 bits per heavy atom. The third-order valence-corrected chi connectivity index (χ3v) is 11.2. The first-order valence-corrected chi connectivity index (χ1v) is 18.4. The summed E-state index contributed by atoms with van der Waals surface area (Å²) in [6, 6.07) is 5.08. The number of nitro groups is 1. The van der Waals surface area contributed by atoms with Crippen LogP contribution in [0.25, 0.3) is 0 Å². The van der Waals surface area contributed by atoms with Crippen LogP contribution in [0.2, 0.25) is 0 Å². The molecule has 0 aliphatic carbocycles. The van der Waals surface area contributed by atoms with Crippen LogP contribution in [0, 0.1) is 33.8 Å². The minimum Gasteiger partial charge on any atom is -0.461 e. The third kappa shape index (κ3) is 10.2. The number of hydrogen-bond donors (Lipinski definition) is 3. The molecule has 0 spiro atoms. The van der Waals surface area contributed by atoms with Crippen molar-refractivity contribution in [2.24, 2.45) is 23.7 Å². The van der Waals surface area contributed by atoms with E-state index in [1.54, 1.807) is 27.7 Å². The molecule has 0 amide bonds. The lowest BCUT2D eigenvalue weighted by molar-refractivity contribution is -0.384. The van der Waals surface area contributed by atoms with Gasteiger partial charge in [0.1, 0.15) is 29.7 Å². The van der Waals surface area contributed by atoms with Gasteiger partial charge in [-0.25, -0.2) is 0 Å². The van der Waals surface area contributed by atoms with E-state index in [0.29, 0.717) is 12.0 Å². The highest BCUT2D eigenvalue weighted by molar-refractivity contribution is 5.83. The fourth-order valence-corrected chi connectivity index (χ4v) is 7.88. The quantitative estimate of drug-likeness (QED) is 0.188. The first-order chi connectivity index (χ1) is 24.6. The second-order valence-corrected chi connectivity index (χ2v) is 15.6. The van der Waals surface area contributed by atoms with Gasteiger partial charge in [-0.05, 0) is 66.6 Å². The van der Waals surface area contributed by atoms with Crippen LogP contribution >= 0.6 is 0 Å². The van der Waals surface area contributed by atoms with E-state index in [1.807, 2.05) is 25.9 Å². The summed E-state index contributed by atoms with van der Waals surface area (Å²) in [5.74, 6) is -5.86. The van der Waals surface area contributed by atoms with E-state index >= 15 is 0 Å². The summed E-state index contributed by atoms with van der Waals surface area (Å²) >= 11 is 0. The molecule has 3 rings (SSSR count). The zero-order valence-corrected chi connectivity index (χ0v) is 32.9. The molecule has 2 heterocycles. The van der Waals surface area contributed by atoms with E-state index in [2.05, 4.69) is 0 Å². The van der Waals surface area contributed by atoms with Crippen molar-refractivity contribution in [2.45, 2.75) is 141 Å². The number of benzene rings is 1. The molecule has 14 atom stereocenters. The van der Waals surface area contributed by atoms with Gasteiger partial charge < -0.3 is 43.9 Å². The Morgan fingerprint density at radius 2 is 1.66 bits per heavy atom. The summed E-state index contributed by atoms with van der Waals surface area (Å²) in [6.07, 6.45) is -7.46. The minimum absolute atomic E-state index is 0.0332. The van der Waals surface area contributed by atoms with Crippen molar-refractivity contribution in [3.63, 3.8) is 0 Å². The van der Waals surface area contributed by atoms with E-state index in [4.69, 9.17) is 23.7 Å². The van der Waals surface area contributed by atoms with Gasteiger partial charge in [0.25, 0.3) is 5.69 Å². The number of esters is 2. The number of nitrogens with zero attached hydrogens (tertiary/aromatic N) is 2. The average Bonchev–Trinajstić information content (AvgIpc) is 3.10. The molecule has 53 heavy (non-hydrogen) atoms. The molecule has 2 saturated heterocycles. The van der Waals surface area contributed by atoms with E-state index in [9.17, 15) is 39.8 Å². The Hall–Kier alpha value is -3.05. The molecular formula is C38H60N2O13. The number of aliphatic hydroxyl groups excluding tert-OH is 2. The number of ether oxygens (including phenoxy) is 5. The smallest absolute Gasteiger partial charge is 0.312 e. The number of hydrogen-bond acceptors (Lipinski definition) is 14. The van der Waals surface area contributed by atoms with Crippen molar-refractivity contribution in [1.29, 1.82) is 0 Å². The molecule has 0 aromatic heterocycles. The number of rotatable bonds is 9. The molecule has 1 aromatic rings. The molecule has 15 heteroatoms. The van der Waals surface area contributed by atoms with Gasteiger partial charge in [-0.1, -0.05) is 39.8 Å². The second-order valence-electron chi connectivity index (χ2n) is 15.6. The van der Waals surface area contributed by atoms with Crippen LogP contribution in [0.4, 0.5) is 5.69 Å². The topological polar surface area (TPSA) is 204 Å². The van der Waals surface area contributed by atoms with E-state index in [0.717, 1.165) is 0 Å². The van der Waals surface area contributed by atoms with Crippen LogP contribution in [0.3, 0.4) is 0 Å². The van der Waals surface area contributed by atoms with Crippen molar-refractivity contribution < 1.29 is 58.3 Å². The molecule has 2 aliphatic rings. The van der Waals surface area contributed by atoms with Crippen molar-refractivity contribution in [3.8, 4) is 0 Å². The van der Waals surface area contributed by atoms with E-state index in [1.165, 1.54) is 52.1 Å². The predicted octanol–water partition coefficient (Wildman–Crippen LogP) is 3.22. The molecule has 300 valence electrons. The Labute approximate surface area is 312 Å². The van der Waals surface area contributed by atoms with Crippen LogP contribution in [-0.2, 0) is 44.5 Å². The number of methoxy groups -OCH3 is 1. The van der Waals surface area contributed by atoms with Gasteiger partial charge in [-0.15, -0.1) is 0 Å². The molecule has 3 N–H and O–H groups in total. The Morgan fingerprint density at radius 1 is 1.06 bits per heavy atom. The van der Waals surface area contributed by atoms with Crippen LogP contribution in [-0.4, -0.2) is 124 Å². The second kappa shape index (κ2) is 18.1. The zero-order valence-electron chi connectivity index (χ0n) is 32.9. The maximum Gasteiger partial charge on any atom is 0.312 e. The highest BCUT2D eigenvalue weighted by atomic mass is 16.7. The van der Waals surface area contributed by atoms with Gasteiger partial charge in [0.2, 0.25) is 0 Å². The minimum atomic E-state index is -2.03. The maximum absolute atomic E-state index is 14.0. The van der Waals surface area contributed by atoms with Gasteiger partial charge >= 0.3 is 11.9 Å². The Bertz CT molecular complexity index is 1420. The highest BCUT2D eigenvalue weighted by Crippen LogP contribution is 2.40. The summed E-state index contributed by atoms with van der Waals surface area (Å²) in [7, 11) is 5.11. The highest BCUT2D eigenvalue weighted by Gasteiger charge is 2.53. The normalized spacial score (nSPS) is 39.2. The number of carbonyl (C=O) groups excluding carboxylic acids is 3. The van der Waals surface area contributed by atoms with Gasteiger partial charge in [0.05, 0.1) is 41.2 Å². The molecule has 0 bridgehead atoms. The summed E-state index contributed by atoms with van der Waals surface area (Å²) in [5.41, 5.74) is -3.09. The van der Waals surface area contributed by atoms with Crippen molar-refractivity contribution >= 4 is 23.4 Å². The fourth-order valence-electron chi connectivity index (χ4n) is 7.88. The molecule has 2 aliphatic heterocycles. The van der Waals surface area contributed by atoms with Crippen LogP contribution in [0.1, 0.15) is 80.2 Å². The third-order valence-electron chi connectivity index (χ3n) is 11.2. The molecule has 2 fully saturated rings. The number of aliphatic hydroxyl groups is 3. The molecule has 2 unspecified atom stereocenters. The number of likely N-dealkylation sites (N-methyl/N-ethyl adjacent to an activating group) is 1. The lowest BCUT2D eigenvalue weighted by atomic mass is 9.74. The van der Waals surface area contributed by atoms with Gasteiger partial charge in [-0.2, -0.15) is 0 Å². The van der Waals surface area contributed by atoms with E-state index < -0.39 is 88.5 Å². The number of carbonyl (C=O) groups is 3. The molecule has 0 saturated carbocycles. The lowest BCUT2D eigenvalue weighted by Gasteiger charge is -2.48. The molecule has 0 radical (unpaired) electrons. The van der Waals surface area contributed by atoms with Gasteiger partial charge in [-0.3, -0.25) is 24.5 Å². The maximum atomic E-state index is 14.0. The number of non-ortho nitro benzene ring substituents is 1. The SMILES string of the molecule is CCC1OC(=O)[C@H](C)C(OC(=O)Cc2ccc([N+](=O)[O-])cc2)[C@H](C)[C@@H](O[C@@H]2O[C@H](C)C[C@H](N(C)C)[C@H]2O)[C@](C)(OC)C[C@@H](C)C(=O)[C@H](C)[C@@H](O)[C@]1(C)O. The summed E-state index contributed by atoms with van der Waals surface area (Å²) < 4.78 is 30.9. The van der Waals surface area contributed by atoms with Crippen LogP contribution in [0.5, 0.6) is 0 Å². The number of Topliss-reactive ketones (excluding diaryl/α,β-unsaturated/α-hetero) is 1. The summed E-state index contributed by atoms with van der Waals surface area (Å²) in [5, 5.41) is 45.6. The summed E-state index contributed by atoms with van der Waals surface area (Å²) in [4.78, 5) is 54.0. The lowest BCUT2D eigenvalue weighted by Crippen LogP contribution is -2.60. The van der Waals surface area contributed by atoms with Crippen LogP contribution < -0.4 is 0 Å². The van der Waals surface area contributed by atoms with Crippen molar-refractivity contribution in [3.05, 3.63) is 39.9 Å². The van der Waals surface area contributed by atoms with Crippen molar-refractivity contribution in [1.82, 2.24) is 4.90 Å². The van der Waals surface area contributed by atoms with Gasteiger partial charge in [0, 0.05) is 43.0 Å². The van der Waals surface area contributed by atoms with Crippen molar-refractivity contribution in [2.75, 3.05) is 21.2 Å². The summed E-state index contributed by atoms with van der Waals surface area (Å²) in [6.45, 7) is 13.0. The number of cyclic esters (lactones) is 1. The largest absolute Gasteiger partial charge is 0.461 e. The predicted molar refractivity (Wildman–Crippen MR) is 192 cm³/mol. The fraction of sp³-hybridized carbons (Fsp3) is 0.763. The Balaban J connectivity index is 2.18. The number of ketones is 1. The first kappa shape index (κ1) is 44.3. The number of nitro benzene ring substituents is 1. The molecule has 15 nitrogen and oxygen atoms in total. The zero-order chi connectivity index (χ0) is 40.2. The monoisotopic (exact) mass is 752 g/mol. The van der Waals surface area contributed by atoms with Crippen LogP contribution in [0.15, 0.2) is 24.3 Å². The van der Waals surface area contributed by atoms with Gasteiger partial charge in [0.15, 0.2) is 6.29 Å².